The minimum Gasteiger partial charge on any atom is -0.478 e. The second-order valence-electron chi connectivity index (χ2n) is 5.46. The number of hydrogen-bond donors (Lipinski definition) is 3. The van der Waals surface area contributed by atoms with Gasteiger partial charge < -0.3 is 15.7 Å². The predicted molar refractivity (Wildman–Crippen MR) is 83.9 cm³/mol. The van der Waals surface area contributed by atoms with E-state index < -0.39 is 5.97 Å². The number of aromatic carboxylic acids is 1. The Hall–Kier alpha value is -2.37. The molecule has 0 spiro atoms. The Morgan fingerprint density at radius 2 is 1.77 bits per heavy atom. The number of carboxylic acids is 1. The summed E-state index contributed by atoms with van der Waals surface area (Å²) in [7, 11) is 0. The number of amides is 2. The van der Waals surface area contributed by atoms with E-state index in [0.29, 0.717) is 18.5 Å². The molecule has 120 valence electrons. The highest BCUT2D eigenvalue weighted by Crippen LogP contribution is 2.17. The van der Waals surface area contributed by atoms with Crippen LogP contribution in [0.4, 0.5) is 5.69 Å². The predicted octanol–water partition coefficient (Wildman–Crippen LogP) is 2.33. The van der Waals surface area contributed by atoms with E-state index in [4.69, 9.17) is 5.11 Å². The van der Waals surface area contributed by atoms with Crippen LogP contribution in [-0.2, 0) is 9.59 Å². The molecule has 6 nitrogen and oxygen atoms in total. The standard InChI is InChI=1S/C16H22N2O4/c1-10(2)17-14(19)5-4-6-15(20)18-13-9-12(16(21)22)8-7-11(13)3/h7-10H,4-6H2,1-3H3,(H,17,19)(H,18,20)(H,21,22). The number of carboxylic acid groups (broad SMARTS) is 1. The van der Waals surface area contributed by atoms with Crippen LogP contribution in [0.25, 0.3) is 0 Å². The van der Waals surface area contributed by atoms with Gasteiger partial charge in [-0.2, -0.15) is 0 Å². The Balaban J connectivity index is 2.50. The van der Waals surface area contributed by atoms with Crippen LogP contribution in [0.15, 0.2) is 18.2 Å². The monoisotopic (exact) mass is 306 g/mol. The van der Waals surface area contributed by atoms with Gasteiger partial charge in [0.1, 0.15) is 0 Å². The Morgan fingerprint density at radius 1 is 1.14 bits per heavy atom. The number of anilines is 1. The van der Waals surface area contributed by atoms with Crippen molar-refractivity contribution in [2.45, 2.75) is 46.1 Å². The maximum absolute atomic E-state index is 11.9. The summed E-state index contributed by atoms with van der Waals surface area (Å²) in [6.07, 6.45) is 0.948. The third-order valence-electron chi connectivity index (χ3n) is 3.02. The first-order chi connectivity index (χ1) is 10.3. The average molecular weight is 306 g/mol. The molecule has 0 aliphatic rings. The molecule has 0 aliphatic heterocycles. The number of rotatable bonds is 7. The summed E-state index contributed by atoms with van der Waals surface area (Å²) < 4.78 is 0. The molecule has 0 fully saturated rings. The van der Waals surface area contributed by atoms with E-state index in [9.17, 15) is 14.4 Å². The van der Waals surface area contributed by atoms with E-state index in [0.717, 1.165) is 5.56 Å². The van der Waals surface area contributed by atoms with E-state index >= 15 is 0 Å². The quantitative estimate of drug-likeness (QED) is 0.720. The third-order valence-corrected chi connectivity index (χ3v) is 3.02. The summed E-state index contributed by atoms with van der Waals surface area (Å²) in [5.41, 5.74) is 1.39. The van der Waals surface area contributed by atoms with Gasteiger partial charge >= 0.3 is 5.97 Å². The summed E-state index contributed by atoms with van der Waals surface area (Å²) >= 11 is 0. The zero-order chi connectivity index (χ0) is 16.7. The van der Waals surface area contributed by atoms with Crippen LogP contribution in [0, 0.1) is 6.92 Å². The molecule has 2 amide bonds. The molecule has 3 N–H and O–H groups in total. The number of nitrogens with one attached hydrogen (secondary N) is 2. The Labute approximate surface area is 129 Å². The van der Waals surface area contributed by atoms with Gasteiger partial charge in [-0.15, -0.1) is 0 Å². The van der Waals surface area contributed by atoms with E-state index in [2.05, 4.69) is 10.6 Å². The first kappa shape index (κ1) is 17.7. The Bertz CT molecular complexity index is 567. The lowest BCUT2D eigenvalue weighted by Gasteiger charge is -2.10. The molecule has 0 radical (unpaired) electrons. The Morgan fingerprint density at radius 3 is 2.36 bits per heavy atom. The van der Waals surface area contributed by atoms with Crippen LogP contribution in [0.2, 0.25) is 0 Å². The van der Waals surface area contributed by atoms with Gasteiger partial charge in [-0.05, 0) is 44.9 Å². The van der Waals surface area contributed by atoms with Crippen molar-refractivity contribution >= 4 is 23.5 Å². The van der Waals surface area contributed by atoms with Gasteiger partial charge in [-0.3, -0.25) is 9.59 Å². The fraction of sp³-hybridized carbons (Fsp3) is 0.438. The molecule has 1 rings (SSSR count). The van der Waals surface area contributed by atoms with Crippen molar-refractivity contribution in [3.8, 4) is 0 Å². The van der Waals surface area contributed by atoms with Gasteiger partial charge in [0.2, 0.25) is 11.8 Å². The van der Waals surface area contributed by atoms with Crippen molar-refractivity contribution in [2.24, 2.45) is 0 Å². The van der Waals surface area contributed by atoms with Crippen molar-refractivity contribution in [2.75, 3.05) is 5.32 Å². The number of carbonyl (C=O) groups excluding carboxylic acids is 2. The summed E-state index contributed by atoms with van der Waals surface area (Å²) in [6, 6.07) is 4.66. The smallest absolute Gasteiger partial charge is 0.335 e. The molecule has 1 aromatic carbocycles. The second-order valence-corrected chi connectivity index (χ2v) is 5.46. The maximum atomic E-state index is 11.9. The highest BCUT2D eigenvalue weighted by molar-refractivity contribution is 5.94. The number of benzene rings is 1. The molecular formula is C16H22N2O4. The number of aryl methyl sites for hydroxylation is 1. The lowest BCUT2D eigenvalue weighted by Crippen LogP contribution is -2.30. The highest BCUT2D eigenvalue weighted by Gasteiger charge is 2.10. The molecule has 0 heterocycles. The zero-order valence-electron chi connectivity index (χ0n) is 13.1. The van der Waals surface area contributed by atoms with Crippen LogP contribution >= 0.6 is 0 Å². The molecule has 1 aromatic rings. The Kier molecular flexibility index (Phi) is 6.56. The summed E-state index contributed by atoms with van der Waals surface area (Å²) in [6.45, 7) is 5.54. The fourth-order valence-corrected chi connectivity index (χ4v) is 1.91. The maximum Gasteiger partial charge on any atom is 0.335 e. The third kappa shape index (κ3) is 5.95. The SMILES string of the molecule is Cc1ccc(C(=O)O)cc1NC(=O)CCCC(=O)NC(C)C. The van der Waals surface area contributed by atoms with Gasteiger partial charge in [0.25, 0.3) is 0 Å². The first-order valence-electron chi connectivity index (χ1n) is 7.22. The fourth-order valence-electron chi connectivity index (χ4n) is 1.91. The normalized spacial score (nSPS) is 10.4. The van der Waals surface area contributed by atoms with Crippen LogP contribution in [-0.4, -0.2) is 28.9 Å². The molecule has 0 saturated heterocycles. The lowest BCUT2D eigenvalue weighted by molar-refractivity contribution is -0.121. The summed E-state index contributed by atoms with van der Waals surface area (Å²) in [5, 5.41) is 14.4. The van der Waals surface area contributed by atoms with Crippen LogP contribution < -0.4 is 10.6 Å². The molecule has 0 bridgehead atoms. The number of hydrogen-bond acceptors (Lipinski definition) is 3. The second kappa shape index (κ2) is 8.17. The van der Waals surface area contributed by atoms with E-state index in [1.54, 1.807) is 13.0 Å². The van der Waals surface area contributed by atoms with E-state index in [-0.39, 0.29) is 29.8 Å². The van der Waals surface area contributed by atoms with Gasteiger partial charge in [0, 0.05) is 24.6 Å². The molecule has 0 saturated carbocycles. The highest BCUT2D eigenvalue weighted by atomic mass is 16.4. The number of carbonyl (C=O) groups is 3. The van der Waals surface area contributed by atoms with Crippen molar-refractivity contribution in [1.82, 2.24) is 5.32 Å². The van der Waals surface area contributed by atoms with Crippen LogP contribution in [0.1, 0.15) is 49.0 Å². The van der Waals surface area contributed by atoms with E-state index in [1.165, 1.54) is 12.1 Å². The van der Waals surface area contributed by atoms with E-state index in [1.807, 2.05) is 13.8 Å². The van der Waals surface area contributed by atoms with Gasteiger partial charge in [0.15, 0.2) is 0 Å². The largest absolute Gasteiger partial charge is 0.478 e. The molecular weight excluding hydrogens is 284 g/mol. The lowest BCUT2D eigenvalue weighted by atomic mass is 10.1. The minimum atomic E-state index is -1.04. The average Bonchev–Trinajstić information content (AvgIpc) is 2.40. The zero-order valence-corrected chi connectivity index (χ0v) is 13.1. The summed E-state index contributed by atoms with van der Waals surface area (Å²) in [4.78, 5) is 34.2. The van der Waals surface area contributed by atoms with Crippen molar-refractivity contribution in [1.29, 1.82) is 0 Å². The molecule has 6 heteroatoms. The molecule has 0 aromatic heterocycles. The molecule has 0 atom stereocenters. The molecule has 0 aliphatic carbocycles. The molecule has 22 heavy (non-hydrogen) atoms. The minimum absolute atomic E-state index is 0.0770. The molecule has 0 unspecified atom stereocenters. The van der Waals surface area contributed by atoms with Gasteiger partial charge in [0.05, 0.1) is 5.56 Å². The van der Waals surface area contributed by atoms with Gasteiger partial charge in [-0.25, -0.2) is 4.79 Å². The van der Waals surface area contributed by atoms with Crippen molar-refractivity contribution in [3.63, 3.8) is 0 Å². The first-order valence-corrected chi connectivity index (χ1v) is 7.22. The van der Waals surface area contributed by atoms with Crippen LogP contribution in [0.3, 0.4) is 0 Å². The topological polar surface area (TPSA) is 95.5 Å². The van der Waals surface area contributed by atoms with Crippen molar-refractivity contribution < 1.29 is 19.5 Å². The van der Waals surface area contributed by atoms with Gasteiger partial charge in [-0.1, -0.05) is 6.07 Å². The van der Waals surface area contributed by atoms with Crippen molar-refractivity contribution in [3.05, 3.63) is 29.3 Å². The van der Waals surface area contributed by atoms with Crippen LogP contribution in [0.5, 0.6) is 0 Å². The summed E-state index contributed by atoms with van der Waals surface area (Å²) in [5.74, 6) is -1.35.